The Morgan fingerprint density at radius 3 is 2.35 bits per heavy atom. The maximum atomic E-state index is 6.16. The van der Waals surface area contributed by atoms with Crippen LogP contribution in [0.15, 0.2) is 34.9 Å². The minimum Gasteiger partial charge on any atom is -0.360 e. The summed E-state index contributed by atoms with van der Waals surface area (Å²) >= 11 is 12.1. The predicted molar refractivity (Wildman–Crippen MR) is 91.0 cm³/mol. The molecule has 0 atom stereocenters. The molecule has 0 saturated heterocycles. The minimum atomic E-state index is 0.548. The van der Waals surface area contributed by atoms with E-state index < -0.39 is 0 Å². The lowest BCUT2D eigenvalue weighted by atomic mass is 10.3. The number of benzene rings is 1. The van der Waals surface area contributed by atoms with E-state index in [1.54, 1.807) is 37.3 Å². The van der Waals surface area contributed by atoms with E-state index in [-0.39, 0.29) is 0 Å². The fourth-order valence-corrected chi connectivity index (χ4v) is 2.32. The largest absolute Gasteiger partial charge is 0.360 e. The summed E-state index contributed by atoms with van der Waals surface area (Å²) in [6.07, 6.45) is 0. The number of nitrogens with one attached hydrogen (secondary N) is 2. The highest BCUT2D eigenvalue weighted by Gasteiger charge is 2.08. The van der Waals surface area contributed by atoms with Crippen molar-refractivity contribution in [2.45, 2.75) is 13.8 Å². The van der Waals surface area contributed by atoms with Crippen molar-refractivity contribution in [1.29, 1.82) is 0 Å². The molecule has 23 heavy (non-hydrogen) atoms. The lowest BCUT2D eigenvalue weighted by Gasteiger charge is -2.10. The number of nitrogens with zero attached hydrogens (tertiary/aromatic N) is 3. The van der Waals surface area contributed by atoms with Gasteiger partial charge in [-0.25, -0.2) is 9.97 Å². The van der Waals surface area contributed by atoms with Crippen LogP contribution in [-0.2, 0) is 0 Å². The van der Waals surface area contributed by atoms with Crippen molar-refractivity contribution >= 4 is 46.3 Å². The molecule has 0 fully saturated rings. The van der Waals surface area contributed by atoms with Crippen LogP contribution in [0.1, 0.15) is 11.6 Å². The zero-order valence-electron chi connectivity index (χ0n) is 12.4. The summed E-state index contributed by atoms with van der Waals surface area (Å²) in [6, 6.07) is 8.69. The molecule has 0 amide bonds. The Balaban J connectivity index is 1.86. The van der Waals surface area contributed by atoms with E-state index in [0.717, 1.165) is 0 Å². The molecular weight excluding hydrogens is 337 g/mol. The van der Waals surface area contributed by atoms with Crippen molar-refractivity contribution in [3.05, 3.63) is 52.0 Å². The van der Waals surface area contributed by atoms with Gasteiger partial charge in [-0.05, 0) is 32.0 Å². The first-order chi connectivity index (χ1) is 11.0. The Hall–Kier alpha value is -2.31. The topological polar surface area (TPSA) is 75.9 Å². The molecule has 3 rings (SSSR count). The number of anilines is 4. The molecule has 0 radical (unpaired) electrons. The maximum Gasteiger partial charge on any atom is 0.175 e. The number of rotatable bonds is 4. The van der Waals surface area contributed by atoms with Crippen LogP contribution < -0.4 is 10.6 Å². The molecule has 118 valence electrons. The van der Waals surface area contributed by atoms with E-state index >= 15 is 0 Å². The van der Waals surface area contributed by atoms with Crippen LogP contribution in [0.3, 0.4) is 0 Å². The van der Waals surface area contributed by atoms with Crippen LogP contribution in [0.5, 0.6) is 0 Å². The van der Waals surface area contributed by atoms with E-state index in [1.165, 1.54) is 0 Å². The smallest absolute Gasteiger partial charge is 0.175 e. The molecule has 0 aliphatic rings. The van der Waals surface area contributed by atoms with Gasteiger partial charge in [0.1, 0.15) is 23.2 Å². The molecule has 0 bridgehead atoms. The molecule has 1 aromatic carbocycles. The van der Waals surface area contributed by atoms with E-state index in [1.807, 2.05) is 6.92 Å². The average molecular weight is 350 g/mol. The molecule has 0 saturated carbocycles. The third kappa shape index (κ3) is 3.91. The Labute approximate surface area is 142 Å². The molecule has 0 aliphatic carbocycles. The first kappa shape index (κ1) is 15.6. The summed E-state index contributed by atoms with van der Waals surface area (Å²) in [6.45, 7) is 3.61. The highest BCUT2D eigenvalue weighted by molar-refractivity contribution is 6.35. The summed E-state index contributed by atoms with van der Waals surface area (Å²) in [5.74, 6) is 3.06. The molecule has 3 aromatic rings. The Kier molecular flexibility index (Phi) is 4.36. The van der Waals surface area contributed by atoms with Crippen LogP contribution in [0, 0.1) is 13.8 Å². The van der Waals surface area contributed by atoms with Gasteiger partial charge in [-0.2, -0.15) is 0 Å². The van der Waals surface area contributed by atoms with Crippen LogP contribution >= 0.6 is 23.2 Å². The van der Waals surface area contributed by atoms with Gasteiger partial charge in [0.05, 0.1) is 10.7 Å². The standard InChI is InChI=1S/C15H13Cl2N5O/c1-8-5-15(22-23-8)21-14-7-13(18-9(2)19-14)20-12-6-10(16)3-4-11(12)17/h3-7H,1-2H3,(H2,18,19,20,21,22). The number of hydrogen-bond donors (Lipinski definition) is 2. The van der Waals surface area contributed by atoms with Gasteiger partial charge >= 0.3 is 0 Å². The quantitative estimate of drug-likeness (QED) is 0.699. The van der Waals surface area contributed by atoms with Crippen molar-refractivity contribution in [3.8, 4) is 0 Å². The first-order valence-corrected chi connectivity index (χ1v) is 7.53. The Morgan fingerprint density at radius 1 is 0.913 bits per heavy atom. The molecule has 8 heteroatoms. The van der Waals surface area contributed by atoms with Crippen LogP contribution in [-0.4, -0.2) is 15.1 Å². The predicted octanol–water partition coefficient (Wildman–Crippen LogP) is 4.88. The Morgan fingerprint density at radius 2 is 1.65 bits per heavy atom. The summed E-state index contributed by atoms with van der Waals surface area (Å²) < 4.78 is 5.02. The number of hydrogen-bond acceptors (Lipinski definition) is 6. The van der Waals surface area contributed by atoms with Crippen LogP contribution in [0.4, 0.5) is 23.1 Å². The van der Waals surface area contributed by atoms with Crippen molar-refractivity contribution in [3.63, 3.8) is 0 Å². The lowest BCUT2D eigenvalue weighted by molar-refractivity contribution is 0.400. The zero-order chi connectivity index (χ0) is 16.4. The molecule has 0 spiro atoms. The molecule has 2 aromatic heterocycles. The molecule has 0 unspecified atom stereocenters. The van der Waals surface area contributed by atoms with Gasteiger partial charge in [-0.3, -0.25) is 0 Å². The van der Waals surface area contributed by atoms with Crippen LogP contribution in [0.2, 0.25) is 10.0 Å². The first-order valence-electron chi connectivity index (χ1n) is 6.78. The lowest BCUT2D eigenvalue weighted by Crippen LogP contribution is -2.02. The van der Waals surface area contributed by atoms with Gasteiger partial charge < -0.3 is 15.2 Å². The van der Waals surface area contributed by atoms with Crippen molar-refractivity contribution < 1.29 is 4.52 Å². The fourth-order valence-electron chi connectivity index (χ4n) is 1.98. The van der Waals surface area contributed by atoms with Crippen molar-refractivity contribution in [1.82, 2.24) is 15.1 Å². The minimum absolute atomic E-state index is 0.548. The maximum absolute atomic E-state index is 6.16. The summed E-state index contributed by atoms with van der Waals surface area (Å²) in [5.41, 5.74) is 0.667. The third-order valence-electron chi connectivity index (χ3n) is 2.91. The van der Waals surface area contributed by atoms with Gasteiger partial charge in [0.25, 0.3) is 0 Å². The van der Waals surface area contributed by atoms with E-state index in [2.05, 4.69) is 25.8 Å². The SMILES string of the molecule is Cc1nc(Nc2cc(C)on2)cc(Nc2cc(Cl)ccc2Cl)n1. The van der Waals surface area contributed by atoms with Gasteiger partial charge in [0, 0.05) is 17.2 Å². The third-order valence-corrected chi connectivity index (χ3v) is 3.48. The summed E-state index contributed by atoms with van der Waals surface area (Å²) in [7, 11) is 0. The van der Waals surface area contributed by atoms with Gasteiger partial charge in [-0.15, -0.1) is 0 Å². The number of aryl methyl sites for hydroxylation is 2. The molecular formula is C15H13Cl2N5O. The fraction of sp³-hybridized carbons (Fsp3) is 0.133. The molecule has 2 N–H and O–H groups in total. The monoisotopic (exact) mass is 349 g/mol. The molecule has 0 aliphatic heterocycles. The molecule has 2 heterocycles. The highest BCUT2D eigenvalue weighted by atomic mass is 35.5. The van der Waals surface area contributed by atoms with Gasteiger partial charge in [-0.1, -0.05) is 28.4 Å². The summed E-state index contributed by atoms with van der Waals surface area (Å²) in [4.78, 5) is 8.66. The number of aromatic nitrogens is 3. The van der Waals surface area contributed by atoms with E-state index in [4.69, 9.17) is 27.7 Å². The normalized spacial score (nSPS) is 10.6. The van der Waals surface area contributed by atoms with Gasteiger partial charge in [0.2, 0.25) is 0 Å². The van der Waals surface area contributed by atoms with E-state index in [0.29, 0.717) is 44.8 Å². The second kappa shape index (κ2) is 6.44. The van der Waals surface area contributed by atoms with Crippen molar-refractivity contribution in [2.24, 2.45) is 0 Å². The average Bonchev–Trinajstić information content (AvgIpc) is 2.87. The Bertz CT molecular complexity index is 850. The summed E-state index contributed by atoms with van der Waals surface area (Å²) in [5, 5.41) is 11.2. The highest BCUT2D eigenvalue weighted by Crippen LogP contribution is 2.28. The van der Waals surface area contributed by atoms with Gasteiger partial charge in [0.15, 0.2) is 5.82 Å². The second-order valence-corrected chi connectivity index (χ2v) is 5.73. The molecule has 6 nitrogen and oxygen atoms in total. The van der Waals surface area contributed by atoms with E-state index in [9.17, 15) is 0 Å². The second-order valence-electron chi connectivity index (χ2n) is 4.88. The van der Waals surface area contributed by atoms with Crippen molar-refractivity contribution in [2.75, 3.05) is 10.6 Å². The zero-order valence-corrected chi connectivity index (χ0v) is 13.9. The van der Waals surface area contributed by atoms with Crippen LogP contribution in [0.25, 0.3) is 0 Å². The number of halogens is 2.